The average Bonchev–Trinajstić information content (AvgIpc) is 2.80. The van der Waals surface area contributed by atoms with Gasteiger partial charge in [-0.05, 0) is 81.4 Å². The second-order valence-electron chi connectivity index (χ2n) is 13.8. The third kappa shape index (κ3) is 8.80. The zero-order chi connectivity index (χ0) is 32.5. The monoisotopic (exact) mass is 649 g/mol. The van der Waals surface area contributed by atoms with Gasteiger partial charge in [0.1, 0.15) is 0 Å². The SMILES string of the molecule is Cc1ccccc1C(O[Si](C)(C)C(C)(C)C)C(F)(F)O[P+](=O)OC(F)(F)C(O[Si](C)(C)C(C)(C)C)c1ccccc1C. The second-order valence-corrected chi connectivity index (χ2v) is 24.1. The van der Waals surface area contributed by atoms with E-state index in [1.54, 1.807) is 76.4 Å². The molecule has 2 aromatic carbocycles. The highest BCUT2D eigenvalue weighted by Gasteiger charge is 2.60. The zero-order valence-corrected chi connectivity index (χ0v) is 29.7. The molecular formula is C30H46F4O5PSi2+. The molecule has 5 nitrogen and oxygen atoms in total. The third-order valence-corrected chi connectivity index (χ3v) is 18.0. The van der Waals surface area contributed by atoms with Gasteiger partial charge >= 0.3 is 20.5 Å². The van der Waals surface area contributed by atoms with Gasteiger partial charge in [-0.3, -0.25) is 0 Å². The van der Waals surface area contributed by atoms with E-state index in [-0.39, 0.29) is 11.1 Å². The van der Waals surface area contributed by atoms with Crippen molar-refractivity contribution in [2.45, 2.75) is 116 Å². The number of rotatable bonds is 12. The fourth-order valence-electron chi connectivity index (χ4n) is 3.64. The third-order valence-electron chi connectivity index (χ3n) is 8.38. The molecule has 0 bridgehead atoms. The van der Waals surface area contributed by atoms with E-state index in [2.05, 4.69) is 9.05 Å². The van der Waals surface area contributed by atoms with Gasteiger partial charge in [-0.2, -0.15) is 17.6 Å². The Bertz CT molecular complexity index is 1150. The lowest BCUT2D eigenvalue weighted by atomic mass is 10.0. The lowest BCUT2D eigenvalue weighted by molar-refractivity contribution is -0.266. The van der Waals surface area contributed by atoms with Crippen molar-refractivity contribution in [2.75, 3.05) is 0 Å². The second kappa shape index (κ2) is 12.9. The van der Waals surface area contributed by atoms with Crippen LogP contribution in [-0.2, 0) is 22.5 Å². The largest absolute Gasteiger partial charge is 0.710 e. The fraction of sp³-hybridized carbons (Fsp3) is 0.600. The highest BCUT2D eigenvalue weighted by atomic mass is 31.1. The molecule has 2 atom stereocenters. The summed E-state index contributed by atoms with van der Waals surface area (Å²) in [6.45, 7) is 21.7. The molecule has 0 fully saturated rings. The van der Waals surface area contributed by atoms with Gasteiger partial charge in [-0.1, -0.05) is 90.1 Å². The molecule has 0 spiro atoms. The lowest BCUT2D eigenvalue weighted by Crippen LogP contribution is -2.46. The maximum atomic E-state index is 15.9. The first kappa shape index (κ1) is 36.7. The van der Waals surface area contributed by atoms with E-state index in [1.165, 1.54) is 12.1 Å². The van der Waals surface area contributed by atoms with Gasteiger partial charge in [-0.25, -0.2) is 0 Å². The Labute approximate surface area is 251 Å². The summed E-state index contributed by atoms with van der Waals surface area (Å²) in [4.78, 5) is 0. The molecule has 2 aromatic rings. The van der Waals surface area contributed by atoms with Gasteiger partial charge in [-0.15, -0.1) is 0 Å². The standard InChI is InChI=1S/C30H46F4O5PSi2/c1-21-17-13-15-19-23(21)25(36-41(9,10)27(3,4)5)29(31,32)38-40(35)39-30(33,34)26(24-20-16-14-18-22(24)2)37-42(11,12)28(6,7)8/h13-20,25-26H,1-12H3/q+1. The molecule has 0 aliphatic carbocycles. The minimum Gasteiger partial charge on any atom is -0.402 e. The first-order valence-corrected chi connectivity index (χ1v) is 20.8. The molecule has 0 amide bonds. The predicted octanol–water partition coefficient (Wildman–Crippen LogP) is 11.0. The van der Waals surface area contributed by atoms with Gasteiger partial charge in [0.2, 0.25) is 0 Å². The normalized spacial score (nSPS) is 15.9. The van der Waals surface area contributed by atoms with E-state index in [1.807, 2.05) is 41.5 Å². The summed E-state index contributed by atoms with van der Waals surface area (Å²) in [6, 6.07) is 12.7. The minimum atomic E-state index is -4.27. The highest BCUT2D eigenvalue weighted by molar-refractivity contribution is 7.33. The Balaban J connectivity index is 2.47. The molecule has 236 valence electrons. The molecule has 0 saturated carbocycles. The van der Waals surface area contributed by atoms with Crippen LogP contribution in [0.4, 0.5) is 17.6 Å². The fourth-order valence-corrected chi connectivity index (χ4v) is 6.68. The lowest BCUT2D eigenvalue weighted by Gasteiger charge is -2.40. The number of halogens is 4. The smallest absolute Gasteiger partial charge is 0.402 e. The van der Waals surface area contributed by atoms with Crippen LogP contribution in [-0.4, -0.2) is 28.9 Å². The summed E-state index contributed by atoms with van der Waals surface area (Å²) >= 11 is 0. The van der Waals surface area contributed by atoms with Crippen molar-refractivity contribution in [3.05, 3.63) is 70.8 Å². The van der Waals surface area contributed by atoms with Crippen LogP contribution in [0.1, 0.15) is 76.0 Å². The van der Waals surface area contributed by atoms with Crippen molar-refractivity contribution in [3.63, 3.8) is 0 Å². The van der Waals surface area contributed by atoms with Crippen LogP contribution in [0.2, 0.25) is 36.3 Å². The van der Waals surface area contributed by atoms with Crippen LogP contribution in [0.5, 0.6) is 0 Å². The average molecular weight is 650 g/mol. The van der Waals surface area contributed by atoms with Crippen LogP contribution >= 0.6 is 8.25 Å². The quantitative estimate of drug-likeness (QED) is 0.130. The van der Waals surface area contributed by atoms with Crippen molar-refractivity contribution < 1.29 is 40.0 Å². The van der Waals surface area contributed by atoms with Crippen LogP contribution in [0.15, 0.2) is 48.5 Å². The summed E-state index contributed by atoms with van der Waals surface area (Å²) in [5.74, 6) is 0. The molecule has 0 heterocycles. The highest BCUT2D eigenvalue weighted by Crippen LogP contribution is 2.52. The Morgan fingerprint density at radius 3 is 1.17 bits per heavy atom. The van der Waals surface area contributed by atoms with Gasteiger partial charge in [0.15, 0.2) is 28.8 Å². The Morgan fingerprint density at radius 1 is 0.619 bits per heavy atom. The van der Waals surface area contributed by atoms with E-state index in [0.717, 1.165) is 0 Å². The number of hydrogen-bond acceptors (Lipinski definition) is 5. The van der Waals surface area contributed by atoms with Crippen molar-refractivity contribution in [3.8, 4) is 0 Å². The zero-order valence-electron chi connectivity index (χ0n) is 26.8. The van der Waals surface area contributed by atoms with Crippen LogP contribution in [0.3, 0.4) is 0 Å². The Hall–Kier alpha value is -1.47. The maximum absolute atomic E-state index is 15.9. The van der Waals surface area contributed by atoms with E-state index < -0.39 is 59.4 Å². The van der Waals surface area contributed by atoms with Crippen molar-refractivity contribution in [1.82, 2.24) is 0 Å². The summed E-state index contributed by atoms with van der Waals surface area (Å²) in [5, 5.41) is -0.921. The molecule has 2 rings (SSSR count). The van der Waals surface area contributed by atoms with Crippen LogP contribution in [0, 0.1) is 13.8 Å². The minimum absolute atomic E-state index is 0.0986. The van der Waals surface area contributed by atoms with E-state index >= 15 is 17.6 Å². The molecule has 2 unspecified atom stereocenters. The number of alkyl halides is 4. The van der Waals surface area contributed by atoms with Crippen LogP contribution in [0.25, 0.3) is 0 Å². The molecule has 0 aliphatic rings. The number of benzene rings is 2. The number of aryl methyl sites for hydroxylation is 2. The predicted molar refractivity (Wildman–Crippen MR) is 164 cm³/mol. The van der Waals surface area contributed by atoms with E-state index in [4.69, 9.17) is 8.85 Å². The molecule has 0 radical (unpaired) electrons. The van der Waals surface area contributed by atoms with Gasteiger partial charge in [0, 0.05) is 4.57 Å². The first-order valence-electron chi connectivity index (χ1n) is 13.9. The molecule has 42 heavy (non-hydrogen) atoms. The van der Waals surface area contributed by atoms with Crippen molar-refractivity contribution >= 4 is 24.9 Å². The topological polar surface area (TPSA) is 54.0 Å². The van der Waals surface area contributed by atoms with Gasteiger partial charge in [0.25, 0.3) is 0 Å². The summed E-state index contributed by atoms with van der Waals surface area (Å²) in [7, 11) is -9.75. The van der Waals surface area contributed by atoms with Gasteiger partial charge < -0.3 is 8.85 Å². The number of hydrogen-bond donors (Lipinski definition) is 0. The molecule has 12 heteroatoms. The summed E-state index contributed by atoms with van der Waals surface area (Å²) in [5.41, 5.74) is 1.16. The van der Waals surface area contributed by atoms with Crippen molar-refractivity contribution in [1.29, 1.82) is 0 Å². The molecule has 0 aliphatic heterocycles. The summed E-state index contributed by atoms with van der Waals surface area (Å²) in [6.07, 6.45) is -12.6. The molecule has 0 N–H and O–H groups in total. The van der Waals surface area contributed by atoms with Gasteiger partial charge in [0.05, 0.1) is 0 Å². The molecule has 0 aromatic heterocycles. The van der Waals surface area contributed by atoms with Crippen LogP contribution < -0.4 is 0 Å². The molecule has 0 saturated heterocycles. The first-order chi connectivity index (χ1) is 18.8. The van der Waals surface area contributed by atoms with E-state index in [9.17, 15) is 4.57 Å². The van der Waals surface area contributed by atoms with E-state index in [0.29, 0.717) is 11.1 Å². The summed E-state index contributed by atoms with van der Waals surface area (Å²) < 4.78 is 97.6. The van der Waals surface area contributed by atoms with Crippen molar-refractivity contribution in [2.24, 2.45) is 0 Å². The maximum Gasteiger partial charge on any atom is 0.710 e. The molecular weight excluding hydrogens is 603 g/mol. The Kier molecular flexibility index (Phi) is 11.3. The Morgan fingerprint density at radius 2 is 0.905 bits per heavy atom.